The van der Waals surface area contributed by atoms with Crippen molar-refractivity contribution >= 4 is 41.5 Å². The number of aliphatic imine (C=N–C) groups is 1. The molecule has 1 aliphatic rings. The Morgan fingerprint density at radius 3 is 2.48 bits per heavy atom. The third kappa shape index (κ3) is 10.3. The quantitative estimate of drug-likeness (QED) is 0.237. The second-order valence-corrected chi connectivity index (χ2v) is 8.14. The number of rotatable bonds is 10. The molecule has 0 radical (unpaired) electrons. The lowest BCUT2D eigenvalue weighted by Crippen LogP contribution is -2.48. The van der Waals surface area contributed by atoms with Gasteiger partial charge >= 0.3 is 0 Å². The molecule has 1 saturated heterocycles. The topological polar surface area (TPSA) is 59.9 Å². The van der Waals surface area contributed by atoms with Gasteiger partial charge in [-0.15, -0.1) is 24.0 Å². The number of guanidine groups is 1. The SMILES string of the molecule is CCCC(CCO)CN=C(NCC)NC1CCN(Cc2ccc(Cl)cc2)CC1.I. The number of benzene rings is 1. The number of nitrogens with one attached hydrogen (secondary N) is 2. The third-order valence-corrected chi connectivity index (χ3v) is 5.59. The minimum absolute atomic E-state index is 0. The number of halogens is 2. The average Bonchev–Trinajstić information content (AvgIpc) is 2.70. The highest BCUT2D eigenvalue weighted by atomic mass is 127. The van der Waals surface area contributed by atoms with Crippen molar-refractivity contribution in [2.75, 3.05) is 32.8 Å². The van der Waals surface area contributed by atoms with Gasteiger partial charge in [-0.1, -0.05) is 37.1 Å². The molecule has 5 nitrogen and oxygen atoms in total. The first kappa shape index (κ1) is 26.5. The summed E-state index contributed by atoms with van der Waals surface area (Å²) in [6.07, 6.45) is 5.32. The van der Waals surface area contributed by atoms with Crippen LogP contribution in [0.4, 0.5) is 0 Å². The first-order chi connectivity index (χ1) is 13.6. The smallest absolute Gasteiger partial charge is 0.191 e. The van der Waals surface area contributed by atoms with Crippen LogP contribution in [0.1, 0.15) is 51.5 Å². The van der Waals surface area contributed by atoms with Crippen molar-refractivity contribution in [3.8, 4) is 0 Å². The molecule has 1 aliphatic heterocycles. The Hall–Kier alpha value is -0.570. The predicted molar refractivity (Wildman–Crippen MR) is 134 cm³/mol. The zero-order valence-electron chi connectivity index (χ0n) is 17.9. The van der Waals surface area contributed by atoms with Crippen molar-refractivity contribution in [2.24, 2.45) is 10.9 Å². The lowest BCUT2D eigenvalue weighted by molar-refractivity contribution is 0.198. The monoisotopic (exact) mass is 536 g/mol. The maximum Gasteiger partial charge on any atom is 0.191 e. The minimum Gasteiger partial charge on any atom is -0.396 e. The summed E-state index contributed by atoms with van der Waals surface area (Å²) in [7, 11) is 0. The molecule has 0 aliphatic carbocycles. The maximum atomic E-state index is 9.25. The van der Waals surface area contributed by atoms with E-state index in [4.69, 9.17) is 16.6 Å². The maximum absolute atomic E-state index is 9.25. The van der Waals surface area contributed by atoms with Crippen LogP contribution in [-0.4, -0.2) is 54.8 Å². The fraction of sp³-hybridized carbons (Fsp3) is 0.682. The van der Waals surface area contributed by atoms with E-state index in [1.54, 1.807) is 0 Å². The Balaban J connectivity index is 0.00000420. The highest BCUT2D eigenvalue weighted by molar-refractivity contribution is 14.0. The fourth-order valence-electron chi connectivity index (χ4n) is 3.73. The molecule has 0 amide bonds. The van der Waals surface area contributed by atoms with Crippen LogP contribution in [0.25, 0.3) is 0 Å². The van der Waals surface area contributed by atoms with Gasteiger partial charge in [0.2, 0.25) is 0 Å². The van der Waals surface area contributed by atoms with Crippen LogP contribution in [0.5, 0.6) is 0 Å². The normalized spacial score (nSPS) is 16.9. The number of piperidine rings is 1. The summed E-state index contributed by atoms with van der Waals surface area (Å²) in [6, 6.07) is 8.62. The van der Waals surface area contributed by atoms with Crippen molar-refractivity contribution in [2.45, 2.75) is 58.5 Å². The summed E-state index contributed by atoms with van der Waals surface area (Å²) in [5.41, 5.74) is 1.32. The Morgan fingerprint density at radius 1 is 1.21 bits per heavy atom. The average molecular weight is 537 g/mol. The van der Waals surface area contributed by atoms with Gasteiger partial charge in [-0.05, 0) is 56.2 Å². The number of hydrogen-bond acceptors (Lipinski definition) is 3. The van der Waals surface area contributed by atoms with E-state index in [1.165, 1.54) is 5.56 Å². The van der Waals surface area contributed by atoms with Gasteiger partial charge in [0.1, 0.15) is 0 Å². The molecule has 1 aromatic rings. The van der Waals surface area contributed by atoms with Gasteiger partial charge in [0.15, 0.2) is 5.96 Å². The summed E-state index contributed by atoms with van der Waals surface area (Å²) in [6.45, 7) is 9.33. The number of aliphatic hydroxyl groups excluding tert-OH is 1. The lowest BCUT2D eigenvalue weighted by Gasteiger charge is -2.33. The zero-order valence-corrected chi connectivity index (χ0v) is 21.0. The first-order valence-corrected chi connectivity index (χ1v) is 11.1. The Labute approximate surface area is 198 Å². The van der Waals surface area contributed by atoms with Crippen LogP contribution < -0.4 is 10.6 Å². The van der Waals surface area contributed by atoms with Crippen LogP contribution in [0.2, 0.25) is 5.02 Å². The number of likely N-dealkylation sites (tertiary alicyclic amines) is 1. The molecule has 0 saturated carbocycles. The van der Waals surface area contributed by atoms with Crippen LogP contribution in [0, 0.1) is 5.92 Å². The Kier molecular flexibility index (Phi) is 13.9. The summed E-state index contributed by atoms with van der Waals surface area (Å²) in [5, 5.41) is 17.0. The molecular weight excluding hydrogens is 499 g/mol. The molecule has 7 heteroatoms. The second kappa shape index (κ2) is 15.3. The molecule has 0 bridgehead atoms. The van der Waals surface area contributed by atoms with E-state index in [1.807, 2.05) is 12.1 Å². The van der Waals surface area contributed by atoms with E-state index in [9.17, 15) is 5.11 Å². The molecule has 1 heterocycles. The lowest BCUT2D eigenvalue weighted by atomic mass is 10.0. The minimum atomic E-state index is 0. The highest BCUT2D eigenvalue weighted by Crippen LogP contribution is 2.16. The molecule has 0 spiro atoms. The van der Waals surface area contributed by atoms with Crippen molar-refractivity contribution in [3.63, 3.8) is 0 Å². The van der Waals surface area contributed by atoms with E-state index >= 15 is 0 Å². The number of hydrogen-bond donors (Lipinski definition) is 3. The molecule has 166 valence electrons. The number of aliphatic hydroxyl groups is 1. The van der Waals surface area contributed by atoms with Crippen molar-refractivity contribution in [1.29, 1.82) is 0 Å². The molecule has 0 aromatic heterocycles. The van der Waals surface area contributed by atoms with Gasteiger partial charge in [-0.25, -0.2) is 0 Å². The van der Waals surface area contributed by atoms with Gasteiger partial charge in [-0.3, -0.25) is 9.89 Å². The van der Waals surface area contributed by atoms with Crippen molar-refractivity contribution in [3.05, 3.63) is 34.9 Å². The van der Waals surface area contributed by atoms with E-state index in [0.717, 1.165) is 75.8 Å². The van der Waals surface area contributed by atoms with Gasteiger partial charge in [0.25, 0.3) is 0 Å². The van der Waals surface area contributed by atoms with Crippen LogP contribution in [-0.2, 0) is 6.54 Å². The van der Waals surface area contributed by atoms with E-state index in [-0.39, 0.29) is 30.6 Å². The van der Waals surface area contributed by atoms with Gasteiger partial charge in [0.05, 0.1) is 0 Å². The standard InChI is InChI=1S/C22H37ClN4O.HI/c1-3-5-18(12-15-28)16-25-22(24-4-2)26-21-10-13-27(14-11-21)17-19-6-8-20(23)9-7-19;/h6-9,18,21,28H,3-5,10-17H2,1-2H3,(H2,24,25,26);1H. The second-order valence-electron chi connectivity index (χ2n) is 7.71. The van der Waals surface area contributed by atoms with E-state index < -0.39 is 0 Å². The third-order valence-electron chi connectivity index (χ3n) is 5.33. The van der Waals surface area contributed by atoms with Gasteiger partial charge in [-0.2, -0.15) is 0 Å². The van der Waals surface area contributed by atoms with Gasteiger partial charge in [0, 0.05) is 50.4 Å². The molecular formula is C22H38ClIN4O. The van der Waals surface area contributed by atoms with Crippen LogP contribution in [0.15, 0.2) is 29.3 Å². The summed E-state index contributed by atoms with van der Waals surface area (Å²) < 4.78 is 0. The Morgan fingerprint density at radius 2 is 1.90 bits per heavy atom. The number of nitrogens with zero attached hydrogens (tertiary/aromatic N) is 2. The summed E-state index contributed by atoms with van der Waals surface area (Å²) in [4.78, 5) is 7.30. The molecule has 1 aromatic carbocycles. The molecule has 1 fully saturated rings. The Bertz CT molecular complexity index is 571. The molecule has 1 unspecified atom stereocenters. The van der Waals surface area contributed by atoms with Crippen molar-refractivity contribution in [1.82, 2.24) is 15.5 Å². The highest BCUT2D eigenvalue weighted by Gasteiger charge is 2.20. The molecule has 1 atom stereocenters. The largest absolute Gasteiger partial charge is 0.396 e. The van der Waals surface area contributed by atoms with Crippen LogP contribution in [0.3, 0.4) is 0 Å². The molecule has 2 rings (SSSR count). The van der Waals surface area contributed by atoms with Gasteiger partial charge < -0.3 is 15.7 Å². The van der Waals surface area contributed by atoms with Crippen molar-refractivity contribution < 1.29 is 5.11 Å². The zero-order chi connectivity index (χ0) is 20.2. The fourth-order valence-corrected chi connectivity index (χ4v) is 3.86. The van der Waals surface area contributed by atoms with E-state index in [2.05, 4.69) is 41.5 Å². The predicted octanol–water partition coefficient (Wildman–Crippen LogP) is 4.28. The summed E-state index contributed by atoms with van der Waals surface area (Å²) in [5.74, 6) is 1.38. The van der Waals surface area contributed by atoms with Crippen LogP contribution >= 0.6 is 35.6 Å². The molecule has 3 N–H and O–H groups in total. The summed E-state index contributed by atoms with van der Waals surface area (Å²) >= 11 is 5.98. The molecule has 29 heavy (non-hydrogen) atoms. The van der Waals surface area contributed by atoms with E-state index in [0.29, 0.717) is 12.0 Å². The first-order valence-electron chi connectivity index (χ1n) is 10.8.